The molecule has 350 valence electrons. The zero-order valence-electron chi connectivity index (χ0n) is 40.1. The minimum absolute atomic E-state index is 0.0623. The van der Waals surface area contributed by atoms with Gasteiger partial charge in [0.2, 0.25) is 0 Å². The maximum absolute atomic E-state index is 12.8. The Balaban J connectivity index is 4.17. The van der Waals surface area contributed by atoms with Crippen LogP contribution in [-0.4, -0.2) is 37.2 Å². The average Bonchev–Trinajstić information content (AvgIpc) is 3.23. The Kier molecular flexibility index (Phi) is 47.7. The molecule has 0 aliphatic rings. The summed E-state index contributed by atoms with van der Waals surface area (Å²) in [5.41, 5.74) is 0. The minimum atomic E-state index is -0.758. The highest BCUT2D eigenvalue weighted by Gasteiger charge is 2.19. The van der Waals surface area contributed by atoms with Gasteiger partial charge in [-0.15, -0.1) is 0 Å². The monoisotopic (exact) mass is 835 g/mol. The van der Waals surface area contributed by atoms with Crippen molar-refractivity contribution < 1.29 is 28.6 Å². The lowest BCUT2D eigenvalue weighted by atomic mass is 10.0. The van der Waals surface area contributed by atoms with E-state index in [1.54, 1.807) is 0 Å². The van der Waals surface area contributed by atoms with E-state index in [4.69, 9.17) is 14.2 Å². The summed E-state index contributed by atoms with van der Waals surface area (Å²) in [5, 5.41) is 0. The number of rotatable bonds is 49. The molecule has 0 aliphatic carbocycles. The molecule has 0 aromatic carbocycles. The molecule has 0 saturated carbocycles. The van der Waals surface area contributed by atoms with Crippen LogP contribution in [0.2, 0.25) is 0 Å². The van der Waals surface area contributed by atoms with E-state index in [2.05, 4.69) is 20.8 Å². The van der Waals surface area contributed by atoms with Crippen LogP contribution in [0.4, 0.5) is 0 Å². The van der Waals surface area contributed by atoms with Crippen LogP contribution in [-0.2, 0) is 28.6 Å². The molecule has 0 bridgehead atoms. The van der Waals surface area contributed by atoms with E-state index in [-0.39, 0.29) is 31.1 Å². The number of esters is 3. The van der Waals surface area contributed by atoms with Gasteiger partial charge in [-0.05, 0) is 19.3 Å². The molecule has 0 N–H and O–H groups in total. The summed E-state index contributed by atoms with van der Waals surface area (Å²) in [6.45, 7) is 6.65. The number of carbonyl (C=O) groups is 3. The van der Waals surface area contributed by atoms with E-state index in [0.29, 0.717) is 19.3 Å². The first-order chi connectivity index (χ1) is 29.0. The highest BCUT2D eigenvalue weighted by molar-refractivity contribution is 5.71. The molecule has 6 nitrogen and oxygen atoms in total. The molecule has 0 fully saturated rings. The van der Waals surface area contributed by atoms with E-state index in [9.17, 15) is 14.4 Å². The smallest absolute Gasteiger partial charge is 0.306 e. The van der Waals surface area contributed by atoms with Crippen LogP contribution >= 0.6 is 0 Å². The maximum atomic E-state index is 12.8. The Bertz CT molecular complexity index is 874. The van der Waals surface area contributed by atoms with E-state index in [0.717, 1.165) is 57.8 Å². The molecule has 0 amide bonds. The zero-order chi connectivity index (χ0) is 43.0. The van der Waals surface area contributed by atoms with Crippen LogP contribution in [0, 0.1) is 0 Å². The first-order valence-corrected chi connectivity index (χ1v) is 26.5. The van der Waals surface area contributed by atoms with Crippen LogP contribution < -0.4 is 0 Å². The Hall–Kier alpha value is -1.59. The zero-order valence-corrected chi connectivity index (χ0v) is 40.1. The van der Waals surface area contributed by atoms with E-state index >= 15 is 0 Å². The summed E-state index contributed by atoms with van der Waals surface area (Å²) in [4.78, 5) is 37.8. The molecular weight excluding hydrogens is 733 g/mol. The second-order valence-electron chi connectivity index (χ2n) is 18.2. The second kappa shape index (κ2) is 49.1. The van der Waals surface area contributed by atoms with Crippen molar-refractivity contribution in [3.8, 4) is 0 Å². The standard InChI is InChI=1S/C53H102O6/c1-4-7-10-13-16-18-20-22-24-25-26-27-29-31-33-35-38-41-44-47-53(56)59-50(48-57-51(54)45-42-39-36-15-12-9-6-3)49-58-52(55)46-43-40-37-34-32-30-28-23-21-19-17-14-11-8-5-2/h50H,4-49H2,1-3H3/t50-/m0/s1. The normalized spacial score (nSPS) is 11.8. The molecule has 6 heteroatoms. The van der Waals surface area contributed by atoms with Gasteiger partial charge in [0.15, 0.2) is 6.10 Å². The molecule has 0 aromatic rings. The fourth-order valence-corrected chi connectivity index (χ4v) is 8.09. The van der Waals surface area contributed by atoms with E-state index < -0.39 is 6.10 Å². The van der Waals surface area contributed by atoms with Gasteiger partial charge in [-0.3, -0.25) is 14.4 Å². The lowest BCUT2D eigenvalue weighted by Crippen LogP contribution is -2.30. The van der Waals surface area contributed by atoms with Crippen molar-refractivity contribution in [1.29, 1.82) is 0 Å². The Morgan fingerprint density at radius 3 is 0.678 bits per heavy atom. The van der Waals surface area contributed by atoms with Gasteiger partial charge in [0, 0.05) is 19.3 Å². The molecule has 1 atom stereocenters. The van der Waals surface area contributed by atoms with Crippen LogP contribution in [0.15, 0.2) is 0 Å². The third kappa shape index (κ3) is 47.3. The summed E-state index contributed by atoms with van der Waals surface area (Å²) in [7, 11) is 0. The number of ether oxygens (including phenoxy) is 3. The van der Waals surface area contributed by atoms with Gasteiger partial charge in [-0.1, -0.05) is 265 Å². The van der Waals surface area contributed by atoms with Gasteiger partial charge in [0.05, 0.1) is 0 Å². The Morgan fingerprint density at radius 1 is 0.271 bits per heavy atom. The molecular formula is C53H102O6. The molecule has 59 heavy (non-hydrogen) atoms. The molecule has 0 rings (SSSR count). The highest BCUT2D eigenvalue weighted by atomic mass is 16.6. The van der Waals surface area contributed by atoms with E-state index in [1.807, 2.05) is 0 Å². The van der Waals surface area contributed by atoms with Crippen molar-refractivity contribution in [2.75, 3.05) is 13.2 Å². The largest absolute Gasteiger partial charge is 0.462 e. The quantitative estimate of drug-likeness (QED) is 0.0345. The predicted molar refractivity (Wildman–Crippen MR) is 252 cm³/mol. The van der Waals surface area contributed by atoms with Crippen LogP contribution in [0.3, 0.4) is 0 Å². The topological polar surface area (TPSA) is 78.9 Å². The van der Waals surface area contributed by atoms with Crippen molar-refractivity contribution in [2.24, 2.45) is 0 Å². The van der Waals surface area contributed by atoms with Gasteiger partial charge in [0.1, 0.15) is 13.2 Å². The summed E-state index contributed by atoms with van der Waals surface area (Å²) < 4.78 is 16.8. The highest BCUT2D eigenvalue weighted by Crippen LogP contribution is 2.17. The van der Waals surface area contributed by atoms with Crippen molar-refractivity contribution in [2.45, 2.75) is 309 Å². The van der Waals surface area contributed by atoms with Gasteiger partial charge < -0.3 is 14.2 Å². The van der Waals surface area contributed by atoms with Crippen molar-refractivity contribution in [3.63, 3.8) is 0 Å². The molecule has 0 saturated heterocycles. The second-order valence-corrected chi connectivity index (χ2v) is 18.2. The number of hydrogen-bond donors (Lipinski definition) is 0. The number of hydrogen-bond acceptors (Lipinski definition) is 6. The van der Waals surface area contributed by atoms with Gasteiger partial charge >= 0.3 is 17.9 Å². The SMILES string of the molecule is CCCCCCCCCCCCCCCCCCCCCC(=O)O[C@@H](COC(=O)CCCCCCCCC)COC(=O)CCCCCCCCCCCCCCCCC. The van der Waals surface area contributed by atoms with Crippen LogP contribution in [0.25, 0.3) is 0 Å². The molecule has 0 aromatic heterocycles. The third-order valence-electron chi connectivity index (χ3n) is 12.1. The Morgan fingerprint density at radius 2 is 0.458 bits per heavy atom. The fraction of sp³-hybridized carbons (Fsp3) is 0.943. The van der Waals surface area contributed by atoms with Gasteiger partial charge in [-0.2, -0.15) is 0 Å². The molecule has 0 heterocycles. The Labute approximate surface area is 368 Å². The third-order valence-corrected chi connectivity index (χ3v) is 12.1. The molecule has 0 spiro atoms. The molecule has 0 aliphatic heterocycles. The van der Waals surface area contributed by atoms with Crippen LogP contribution in [0.1, 0.15) is 303 Å². The first kappa shape index (κ1) is 57.4. The van der Waals surface area contributed by atoms with Gasteiger partial charge in [-0.25, -0.2) is 0 Å². The van der Waals surface area contributed by atoms with Crippen molar-refractivity contribution in [1.82, 2.24) is 0 Å². The van der Waals surface area contributed by atoms with Crippen molar-refractivity contribution in [3.05, 3.63) is 0 Å². The predicted octanol–water partition coefficient (Wildman–Crippen LogP) is 17.2. The molecule has 0 radical (unpaired) electrons. The van der Waals surface area contributed by atoms with Gasteiger partial charge in [0.25, 0.3) is 0 Å². The summed E-state index contributed by atoms with van der Waals surface area (Å²) in [6.07, 6.45) is 52.5. The minimum Gasteiger partial charge on any atom is -0.462 e. The van der Waals surface area contributed by atoms with E-state index in [1.165, 1.54) is 205 Å². The van der Waals surface area contributed by atoms with Crippen molar-refractivity contribution >= 4 is 17.9 Å². The number of carbonyl (C=O) groups excluding carboxylic acids is 3. The lowest BCUT2D eigenvalue weighted by Gasteiger charge is -2.18. The average molecular weight is 835 g/mol. The summed E-state index contributed by atoms with van der Waals surface area (Å²) in [5.74, 6) is -0.847. The number of unbranched alkanes of at least 4 members (excludes halogenated alkanes) is 38. The lowest BCUT2D eigenvalue weighted by molar-refractivity contribution is -0.167. The van der Waals surface area contributed by atoms with Crippen LogP contribution in [0.5, 0.6) is 0 Å². The summed E-state index contributed by atoms with van der Waals surface area (Å²) in [6, 6.07) is 0. The molecule has 0 unspecified atom stereocenters. The maximum Gasteiger partial charge on any atom is 0.306 e. The summed E-state index contributed by atoms with van der Waals surface area (Å²) >= 11 is 0. The first-order valence-electron chi connectivity index (χ1n) is 26.5. The fourth-order valence-electron chi connectivity index (χ4n) is 8.09.